The Bertz CT molecular complexity index is 856. The summed E-state index contributed by atoms with van der Waals surface area (Å²) in [5.74, 6) is -4.43. The Morgan fingerprint density at radius 1 is 0.800 bits per heavy atom. The molecular weight excluding hydrogens is 392 g/mol. The number of aliphatic hydroxyl groups excluding tert-OH is 2. The minimum atomic E-state index is -2.35. The molecule has 0 saturated carbocycles. The predicted octanol–water partition coefficient (Wildman–Crippen LogP) is 1.34. The summed E-state index contributed by atoms with van der Waals surface area (Å²) >= 11 is 0. The minimum Gasteiger partial charge on any atom is -0.464 e. The molecule has 158 valence electrons. The summed E-state index contributed by atoms with van der Waals surface area (Å²) in [4.78, 5) is 50.3. The third-order valence-corrected chi connectivity index (χ3v) is 4.31. The molecule has 2 N–H and O–H groups in total. The molecule has 0 fully saturated rings. The van der Waals surface area contributed by atoms with Crippen LogP contribution in [0.15, 0.2) is 60.7 Å². The number of rotatable bonds is 9. The fraction of sp³-hybridized carbons (Fsp3) is 0.273. The SMILES string of the molecule is CCOC(=O)C(O)C(O)C(=O)OC(C)(C(=O)c1ccccc1)C(=O)c1ccccc1. The van der Waals surface area contributed by atoms with Gasteiger partial charge in [0.2, 0.25) is 17.2 Å². The highest BCUT2D eigenvalue weighted by Gasteiger charge is 2.48. The number of aliphatic hydroxyl groups is 2. The van der Waals surface area contributed by atoms with E-state index in [1.54, 1.807) is 36.4 Å². The number of esters is 2. The number of Topliss-reactive ketones (excluding diaryl/α,β-unsaturated/α-hetero) is 2. The van der Waals surface area contributed by atoms with Gasteiger partial charge in [0.15, 0.2) is 12.2 Å². The van der Waals surface area contributed by atoms with Gasteiger partial charge in [0.1, 0.15) is 0 Å². The number of hydrogen-bond acceptors (Lipinski definition) is 8. The molecule has 8 heteroatoms. The van der Waals surface area contributed by atoms with E-state index in [4.69, 9.17) is 4.74 Å². The molecule has 0 bridgehead atoms. The van der Waals surface area contributed by atoms with Crippen molar-refractivity contribution in [3.8, 4) is 0 Å². The first-order chi connectivity index (χ1) is 14.2. The van der Waals surface area contributed by atoms with Gasteiger partial charge in [-0.3, -0.25) is 9.59 Å². The predicted molar refractivity (Wildman–Crippen MR) is 105 cm³/mol. The van der Waals surface area contributed by atoms with Gasteiger partial charge in [-0.25, -0.2) is 9.59 Å². The molecule has 0 radical (unpaired) electrons. The molecule has 0 amide bonds. The molecule has 0 heterocycles. The van der Waals surface area contributed by atoms with Gasteiger partial charge in [-0.1, -0.05) is 60.7 Å². The maximum atomic E-state index is 13.1. The van der Waals surface area contributed by atoms with Gasteiger partial charge in [-0.15, -0.1) is 0 Å². The zero-order chi connectivity index (χ0) is 22.3. The molecule has 30 heavy (non-hydrogen) atoms. The Balaban J connectivity index is 2.39. The van der Waals surface area contributed by atoms with Crippen molar-refractivity contribution in [2.75, 3.05) is 6.61 Å². The van der Waals surface area contributed by atoms with E-state index in [9.17, 15) is 29.4 Å². The summed E-state index contributed by atoms with van der Waals surface area (Å²) in [6.07, 6.45) is -4.59. The van der Waals surface area contributed by atoms with Gasteiger partial charge < -0.3 is 19.7 Å². The topological polar surface area (TPSA) is 127 Å². The third kappa shape index (κ3) is 4.97. The van der Waals surface area contributed by atoms with Crippen LogP contribution in [0.3, 0.4) is 0 Å². The van der Waals surface area contributed by atoms with Gasteiger partial charge >= 0.3 is 11.9 Å². The maximum Gasteiger partial charge on any atom is 0.339 e. The molecular formula is C22H22O8. The number of ether oxygens (including phenoxy) is 2. The van der Waals surface area contributed by atoms with Crippen molar-refractivity contribution in [3.63, 3.8) is 0 Å². The van der Waals surface area contributed by atoms with Crippen molar-refractivity contribution < 1.29 is 38.9 Å². The van der Waals surface area contributed by atoms with Gasteiger partial charge in [0.05, 0.1) is 6.61 Å². The number of carbonyl (C=O) groups excluding carboxylic acids is 4. The second-order valence-electron chi connectivity index (χ2n) is 6.49. The molecule has 0 aliphatic carbocycles. The van der Waals surface area contributed by atoms with Crippen LogP contribution >= 0.6 is 0 Å². The molecule has 0 saturated heterocycles. The Labute approximate surface area is 173 Å². The standard InChI is InChI=1S/C22H22O8/c1-3-29-20(27)16(23)17(24)21(28)30-22(2,18(25)14-10-6-4-7-11-14)19(26)15-12-8-5-9-13-15/h4-13,16-17,23-24H,3H2,1-2H3. The zero-order valence-corrected chi connectivity index (χ0v) is 16.5. The second kappa shape index (κ2) is 9.91. The largest absolute Gasteiger partial charge is 0.464 e. The molecule has 2 rings (SSSR count). The normalized spacial score (nSPS) is 13.1. The lowest BCUT2D eigenvalue weighted by Gasteiger charge is -2.28. The van der Waals surface area contributed by atoms with Crippen molar-refractivity contribution in [3.05, 3.63) is 71.8 Å². The number of ketones is 2. The van der Waals surface area contributed by atoms with E-state index < -0.39 is 41.3 Å². The molecule has 0 aliphatic rings. The van der Waals surface area contributed by atoms with Gasteiger partial charge in [0.25, 0.3) is 0 Å². The second-order valence-corrected chi connectivity index (χ2v) is 6.49. The third-order valence-electron chi connectivity index (χ3n) is 4.31. The van der Waals surface area contributed by atoms with Crippen LogP contribution in [0.2, 0.25) is 0 Å². The van der Waals surface area contributed by atoms with E-state index in [2.05, 4.69) is 4.74 Å². The molecule has 2 unspecified atom stereocenters. The quantitative estimate of drug-likeness (QED) is 0.358. The van der Waals surface area contributed by atoms with Crippen molar-refractivity contribution in [2.45, 2.75) is 31.7 Å². The monoisotopic (exact) mass is 414 g/mol. The summed E-state index contributed by atoms with van der Waals surface area (Å²) in [6, 6.07) is 15.4. The van der Waals surface area contributed by atoms with Crippen molar-refractivity contribution in [1.82, 2.24) is 0 Å². The van der Waals surface area contributed by atoms with E-state index in [-0.39, 0.29) is 17.7 Å². The first-order valence-electron chi connectivity index (χ1n) is 9.17. The Morgan fingerprint density at radius 3 is 1.60 bits per heavy atom. The van der Waals surface area contributed by atoms with Crippen LogP contribution in [0.5, 0.6) is 0 Å². The lowest BCUT2D eigenvalue weighted by Crippen LogP contribution is -2.52. The number of hydrogen-bond donors (Lipinski definition) is 2. The molecule has 0 aliphatic heterocycles. The van der Waals surface area contributed by atoms with Gasteiger partial charge in [-0.2, -0.15) is 0 Å². The van der Waals surface area contributed by atoms with Crippen LogP contribution in [-0.4, -0.2) is 58.1 Å². The molecule has 2 aromatic carbocycles. The zero-order valence-electron chi connectivity index (χ0n) is 16.5. The lowest BCUT2D eigenvalue weighted by atomic mass is 9.86. The Kier molecular flexibility index (Phi) is 7.57. The molecule has 0 spiro atoms. The summed E-state index contributed by atoms with van der Waals surface area (Å²) in [7, 11) is 0. The first kappa shape index (κ1) is 22.9. The highest BCUT2D eigenvalue weighted by molar-refractivity contribution is 6.23. The van der Waals surface area contributed by atoms with Crippen LogP contribution in [0.25, 0.3) is 0 Å². The fourth-order valence-corrected chi connectivity index (χ4v) is 2.67. The average molecular weight is 414 g/mol. The number of benzene rings is 2. The van der Waals surface area contributed by atoms with E-state index in [0.29, 0.717) is 0 Å². The van der Waals surface area contributed by atoms with E-state index in [0.717, 1.165) is 6.92 Å². The van der Waals surface area contributed by atoms with Crippen LogP contribution in [0.1, 0.15) is 34.6 Å². The van der Waals surface area contributed by atoms with Crippen molar-refractivity contribution >= 4 is 23.5 Å². The summed E-state index contributed by atoms with van der Waals surface area (Å²) in [5.41, 5.74) is -2.16. The highest BCUT2D eigenvalue weighted by Crippen LogP contribution is 2.24. The van der Waals surface area contributed by atoms with E-state index in [1.165, 1.54) is 31.2 Å². The molecule has 0 aromatic heterocycles. The molecule has 2 aromatic rings. The molecule has 2 atom stereocenters. The van der Waals surface area contributed by atoms with E-state index >= 15 is 0 Å². The lowest BCUT2D eigenvalue weighted by molar-refractivity contribution is -0.176. The van der Waals surface area contributed by atoms with Crippen molar-refractivity contribution in [1.29, 1.82) is 0 Å². The molecule has 8 nitrogen and oxygen atoms in total. The summed E-state index contributed by atoms with van der Waals surface area (Å²) < 4.78 is 9.67. The Hall–Kier alpha value is -3.36. The smallest absolute Gasteiger partial charge is 0.339 e. The van der Waals surface area contributed by atoms with E-state index in [1.807, 2.05) is 0 Å². The fourth-order valence-electron chi connectivity index (χ4n) is 2.67. The maximum absolute atomic E-state index is 13.1. The van der Waals surface area contributed by atoms with Crippen molar-refractivity contribution in [2.24, 2.45) is 0 Å². The first-order valence-corrected chi connectivity index (χ1v) is 9.17. The minimum absolute atomic E-state index is 0.0889. The summed E-state index contributed by atoms with van der Waals surface area (Å²) in [5, 5.41) is 19.8. The van der Waals surface area contributed by atoms with Crippen LogP contribution in [0, 0.1) is 0 Å². The summed E-state index contributed by atoms with van der Waals surface area (Å²) in [6.45, 7) is 2.48. The van der Waals surface area contributed by atoms with Gasteiger partial charge in [0, 0.05) is 11.1 Å². The van der Waals surface area contributed by atoms with Crippen LogP contribution in [-0.2, 0) is 19.1 Å². The average Bonchev–Trinajstić information content (AvgIpc) is 2.78. The Morgan fingerprint density at radius 2 is 1.20 bits per heavy atom. The highest BCUT2D eigenvalue weighted by atomic mass is 16.6. The van der Waals surface area contributed by atoms with Gasteiger partial charge in [-0.05, 0) is 13.8 Å². The van der Waals surface area contributed by atoms with Crippen LogP contribution < -0.4 is 0 Å². The van der Waals surface area contributed by atoms with Crippen LogP contribution in [0.4, 0.5) is 0 Å². The number of carbonyl (C=O) groups is 4.